The van der Waals surface area contributed by atoms with E-state index in [4.69, 9.17) is 11.6 Å². The third-order valence-corrected chi connectivity index (χ3v) is 8.41. The van der Waals surface area contributed by atoms with Crippen molar-refractivity contribution in [2.45, 2.75) is 10.1 Å². The van der Waals surface area contributed by atoms with E-state index >= 15 is 0 Å². The first-order chi connectivity index (χ1) is 22.8. The Kier molecular flexibility index (Phi) is 10.9. The van der Waals surface area contributed by atoms with Gasteiger partial charge < -0.3 is 21.1 Å². The minimum Gasteiger partial charge on any atom is -0.478 e. The van der Waals surface area contributed by atoms with Crippen molar-refractivity contribution in [3.05, 3.63) is 166 Å². The number of carbonyl (C=O) groups is 4. The fourth-order valence-corrected chi connectivity index (χ4v) is 5.71. The Hall–Kier alpha value is -5.64. The lowest BCUT2D eigenvalue weighted by atomic mass is 10.1. The van der Waals surface area contributed by atoms with Crippen LogP contribution in [0.25, 0.3) is 6.08 Å². The number of carboxylic acid groups (broad SMARTS) is 1. The highest BCUT2D eigenvalue weighted by Gasteiger charge is 2.23. The minimum atomic E-state index is -1.20. The molecular weight excluding hydrogens is 634 g/mol. The molecule has 234 valence electrons. The Morgan fingerprint density at radius 2 is 1.30 bits per heavy atom. The summed E-state index contributed by atoms with van der Waals surface area (Å²) < 4.78 is 0. The fraction of sp³-hybridized carbons (Fsp3) is 0.0270. The third-order valence-electron chi connectivity index (χ3n) is 6.81. The fourth-order valence-electron chi connectivity index (χ4n) is 4.49. The van der Waals surface area contributed by atoms with Gasteiger partial charge in [-0.3, -0.25) is 14.4 Å². The van der Waals surface area contributed by atoms with Crippen molar-refractivity contribution in [1.29, 1.82) is 0 Å². The topological polar surface area (TPSA) is 125 Å². The molecule has 0 fully saturated rings. The highest BCUT2D eigenvalue weighted by Crippen LogP contribution is 2.37. The first-order valence-electron chi connectivity index (χ1n) is 14.4. The molecule has 1 atom stereocenters. The van der Waals surface area contributed by atoms with Gasteiger partial charge in [0, 0.05) is 21.8 Å². The molecule has 47 heavy (non-hydrogen) atoms. The van der Waals surface area contributed by atoms with Crippen molar-refractivity contribution in [1.82, 2.24) is 5.32 Å². The van der Waals surface area contributed by atoms with E-state index in [1.807, 2.05) is 60.7 Å². The van der Waals surface area contributed by atoms with Gasteiger partial charge in [-0.1, -0.05) is 90.5 Å². The van der Waals surface area contributed by atoms with Crippen LogP contribution >= 0.6 is 23.4 Å². The molecule has 0 saturated heterocycles. The first-order valence-corrected chi connectivity index (χ1v) is 15.6. The zero-order valence-corrected chi connectivity index (χ0v) is 26.3. The van der Waals surface area contributed by atoms with Crippen LogP contribution < -0.4 is 16.0 Å². The quantitative estimate of drug-likeness (QED) is 0.0842. The summed E-state index contributed by atoms with van der Waals surface area (Å²) in [5, 5.41) is 17.2. The Morgan fingerprint density at radius 1 is 0.702 bits per heavy atom. The second-order valence-electron chi connectivity index (χ2n) is 10.2. The van der Waals surface area contributed by atoms with Crippen molar-refractivity contribution < 1.29 is 24.3 Å². The predicted octanol–water partition coefficient (Wildman–Crippen LogP) is 7.92. The molecule has 3 amide bonds. The number of hydrogen-bond acceptors (Lipinski definition) is 5. The molecule has 0 spiro atoms. The van der Waals surface area contributed by atoms with Gasteiger partial charge in [-0.05, 0) is 71.8 Å². The monoisotopic (exact) mass is 661 g/mol. The van der Waals surface area contributed by atoms with Gasteiger partial charge in [0.15, 0.2) is 0 Å². The van der Waals surface area contributed by atoms with E-state index in [9.17, 15) is 24.3 Å². The molecule has 0 saturated carbocycles. The molecule has 5 rings (SSSR count). The van der Waals surface area contributed by atoms with E-state index < -0.39 is 23.0 Å². The van der Waals surface area contributed by atoms with E-state index in [-0.39, 0.29) is 22.2 Å². The third kappa shape index (κ3) is 8.97. The minimum absolute atomic E-state index is 0.0672. The van der Waals surface area contributed by atoms with Crippen LogP contribution in [0.5, 0.6) is 0 Å². The first kappa shape index (κ1) is 32.7. The smallest absolute Gasteiger partial charge is 0.337 e. The van der Waals surface area contributed by atoms with Gasteiger partial charge in [-0.15, -0.1) is 11.8 Å². The molecule has 10 heteroatoms. The van der Waals surface area contributed by atoms with Crippen LogP contribution in [-0.4, -0.2) is 28.8 Å². The van der Waals surface area contributed by atoms with Crippen LogP contribution in [-0.2, 0) is 9.59 Å². The molecule has 0 aliphatic carbocycles. The Bertz CT molecular complexity index is 1920. The molecule has 5 aromatic rings. The highest BCUT2D eigenvalue weighted by atomic mass is 35.5. The Morgan fingerprint density at radius 3 is 1.94 bits per heavy atom. The number of amides is 3. The maximum Gasteiger partial charge on any atom is 0.337 e. The molecule has 0 aromatic heterocycles. The molecule has 0 radical (unpaired) electrons. The van der Waals surface area contributed by atoms with Gasteiger partial charge in [0.05, 0.1) is 10.6 Å². The molecule has 5 aromatic carbocycles. The Balaban J connectivity index is 1.32. The lowest BCUT2D eigenvalue weighted by Gasteiger charge is -2.18. The number of thioether (sulfide) groups is 1. The van der Waals surface area contributed by atoms with Gasteiger partial charge in [0.25, 0.3) is 11.8 Å². The maximum absolute atomic E-state index is 13.5. The maximum atomic E-state index is 13.5. The number of anilines is 2. The number of benzene rings is 5. The lowest BCUT2D eigenvalue weighted by molar-refractivity contribution is -0.116. The van der Waals surface area contributed by atoms with E-state index in [0.717, 1.165) is 16.0 Å². The van der Waals surface area contributed by atoms with Crippen LogP contribution in [0, 0.1) is 0 Å². The predicted molar refractivity (Wildman–Crippen MR) is 185 cm³/mol. The van der Waals surface area contributed by atoms with Crippen molar-refractivity contribution in [2.75, 3.05) is 10.6 Å². The van der Waals surface area contributed by atoms with Crippen LogP contribution in [0.15, 0.2) is 144 Å². The summed E-state index contributed by atoms with van der Waals surface area (Å²) >= 11 is 7.28. The van der Waals surface area contributed by atoms with Crippen LogP contribution in [0.1, 0.15) is 37.1 Å². The SMILES string of the molecule is O=C(Nc1ccc(SC(C(=O)Nc2ccc(Cl)c(C(=O)O)c2)c2ccccc2)cc1)/C(=C/c1ccccc1)NC(=O)c1ccccc1. The van der Waals surface area contributed by atoms with E-state index in [2.05, 4.69) is 16.0 Å². The largest absolute Gasteiger partial charge is 0.478 e. The van der Waals surface area contributed by atoms with Gasteiger partial charge in [0.1, 0.15) is 10.9 Å². The molecule has 0 heterocycles. The van der Waals surface area contributed by atoms with Crippen LogP contribution in [0.4, 0.5) is 11.4 Å². The van der Waals surface area contributed by atoms with Gasteiger partial charge in [0.2, 0.25) is 5.91 Å². The average Bonchev–Trinajstić information content (AvgIpc) is 3.09. The normalized spacial score (nSPS) is 11.6. The average molecular weight is 662 g/mol. The number of rotatable bonds is 11. The zero-order valence-electron chi connectivity index (χ0n) is 24.7. The Labute approximate surface area is 280 Å². The van der Waals surface area contributed by atoms with Crippen molar-refractivity contribution in [3.8, 4) is 0 Å². The van der Waals surface area contributed by atoms with Crippen molar-refractivity contribution in [2.24, 2.45) is 0 Å². The summed E-state index contributed by atoms with van der Waals surface area (Å²) in [6.45, 7) is 0. The molecular formula is C37H28ClN3O5S. The van der Waals surface area contributed by atoms with Crippen molar-refractivity contribution >= 4 is 64.5 Å². The summed E-state index contributed by atoms with van der Waals surface area (Å²) in [4.78, 5) is 52.1. The van der Waals surface area contributed by atoms with E-state index in [1.54, 1.807) is 66.7 Å². The number of halogens is 1. The van der Waals surface area contributed by atoms with Crippen LogP contribution in [0.3, 0.4) is 0 Å². The number of nitrogens with one attached hydrogen (secondary N) is 3. The van der Waals surface area contributed by atoms with Gasteiger partial charge in [-0.2, -0.15) is 0 Å². The summed E-state index contributed by atoms with van der Waals surface area (Å²) in [5.41, 5.74) is 2.62. The molecule has 0 bridgehead atoms. The molecule has 0 aliphatic rings. The summed E-state index contributed by atoms with van der Waals surface area (Å²) in [7, 11) is 0. The van der Waals surface area contributed by atoms with E-state index in [1.165, 1.54) is 23.9 Å². The van der Waals surface area contributed by atoms with E-state index in [0.29, 0.717) is 16.9 Å². The summed E-state index contributed by atoms with van der Waals surface area (Å²) in [6, 6.07) is 38.2. The number of aromatic carboxylic acids is 1. The van der Waals surface area contributed by atoms with Gasteiger partial charge >= 0.3 is 5.97 Å². The number of carbonyl (C=O) groups excluding carboxylic acids is 3. The summed E-state index contributed by atoms with van der Waals surface area (Å²) in [6.07, 6.45) is 1.60. The molecule has 4 N–H and O–H groups in total. The zero-order chi connectivity index (χ0) is 33.2. The standard InChI is InChI=1S/C37H28ClN3O5S/c38-31-21-18-28(23-30(31)37(45)46)40-36(44)33(25-12-6-2-7-13-25)47-29-19-16-27(17-20-29)39-35(43)32(22-24-10-4-1-5-11-24)41-34(42)26-14-8-3-9-15-26/h1-23,33H,(H,39,43)(H,40,44)(H,41,42)(H,45,46)/b32-22-. The summed E-state index contributed by atoms with van der Waals surface area (Å²) in [5.74, 6) is -2.49. The number of carboxylic acids is 1. The highest BCUT2D eigenvalue weighted by molar-refractivity contribution is 8.00. The molecule has 8 nitrogen and oxygen atoms in total. The van der Waals surface area contributed by atoms with Gasteiger partial charge in [-0.25, -0.2) is 4.79 Å². The lowest BCUT2D eigenvalue weighted by Crippen LogP contribution is -2.30. The van der Waals surface area contributed by atoms with Crippen LogP contribution in [0.2, 0.25) is 5.02 Å². The molecule has 0 aliphatic heterocycles. The molecule has 1 unspecified atom stereocenters. The second kappa shape index (κ2) is 15.6. The second-order valence-corrected chi connectivity index (χ2v) is 11.8. The number of hydrogen-bond donors (Lipinski definition) is 4. The van der Waals surface area contributed by atoms with Crippen molar-refractivity contribution in [3.63, 3.8) is 0 Å².